The van der Waals surface area contributed by atoms with Crippen LogP contribution in [0, 0.1) is 11.6 Å². The van der Waals surface area contributed by atoms with Crippen molar-refractivity contribution in [2.24, 2.45) is 0 Å². The molecule has 0 saturated carbocycles. The van der Waals surface area contributed by atoms with E-state index in [1.807, 2.05) is 11.8 Å². The third kappa shape index (κ3) is 5.87. The number of piperazine rings is 1. The van der Waals surface area contributed by atoms with Gasteiger partial charge in [0.1, 0.15) is 17.9 Å². The smallest absolute Gasteiger partial charge is 0.306 e. The van der Waals surface area contributed by atoms with Gasteiger partial charge >= 0.3 is 5.97 Å². The number of amides is 1. The summed E-state index contributed by atoms with van der Waals surface area (Å²) < 4.78 is 36.8. The Balaban J connectivity index is 1.59. The summed E-state index contributed by atoms with van der Waals surface area (Å²) in [6, 6.07) is 4.75. The number of benzene rings is 1. The van der Waals surface area contributed by atoms with Crippen LogP contribution in [0.15, 0.2) is 30.6 Å². The van der Waals surface area contributed by atoms with E-state index < -0.39 is 11.6 Å². The Morgan fingerprint density at radius 3 is 2.65 bits per heavy atom. The summed E-state index contributed by atoms with van der Waals surface area (Å²) in [5.41, 5.74) is 0. The van der Waals surface area contributed by atoms with E-state index in [4.69, 9.17) is 9.47 Å². The Morgan fingerprint density at radius 1 is 1.13 bits per heavy atom. The molecular weight excluding hydrogens is 410 g/mol. The largest absolute Gasteiger partial charge is 0.466 e. The van der Waals surface area contributed by atoms with Crippen molar-refractivity contribution in [1.82, 2.24) is 14.9 Å². The van der Waals surface area contributed by atoms with Crippen molar-refractivity contribution in [1.29, 1.82) is 0 Å². The van der Waals surface area contributed by atoms with E-state index in [0.29, 0.717) is 32.1 Å². The van der Waals surface area contributed by atoms with Gasteiger partial charge in [-0.2, -0.15) is 0 Å². The van der Waals surface area contributed by atoms with E-state index in [1.54, 1.807) is 17.9 Å². The SMILES string of the molecule is CCOC(=O)CCC(=O)N1CCN(c2cc(Oc3ccc(F)c(F)c3)ncn2)CC1C. The summed E-state index contributed by atoms with van der Waals surface area (Å²) in [5, 5.41) is 0. The molecule has 8 nitrogen and oxygen atoms in total. The Bertz CT molecular complexity index is 943. The lowest BCUT2D eigenvalue weighted by Gasteiger charge is -2.40. The Kier molecular flexibility index (Phi) is 7.32. The molecule has 0 N–H and O–H groups in total. The Morgan fingerprint density at radius 2 is 1.94 bits per heavy atom. The number of rotatable bonds is 7. The van der Waals surface area contributed by atoms with Gasteiger partial charge in [-0.1, -0.05) is 0 Å². The summed E-state index contributed by atoms with van der Waals surface area (Å²) in [6.45, 7) is 5.50. The van der Waals surface area contributed by atoms with E-state index in [2.05, 4.69) is 9.97 Å². The molecule has 1 fully saturated rings. The van der Waals surface area contributed by atoms with Gasteiger partial charge in [0, 0.05) is 44.2 Å². The van der Waals surface area contributed by atoms with E-state index >= 15 is 0 Å². The van der Waals surface area contributed by atoms with Crippen LogP contribution < -0.4 is 9.64 Å². The standard InChI is InChI=1S/C21H24F2N4O4/c1-3-30-21(29)7-6-20(28)27-9-8-26(12-14(27)2)18-11-19(25-13-24-18)31-15-4-5-16(22)17(23)10-15/h4-5,10-11,13-14H,3,6-9,12H2,1-2H3. The molecular formula is C21H24F2N4O4. The van der Waals surface area contributed by atoms with Crippen LogP contribution in [0.5, 0.6) is 11.6 Å². The van der Waals surface area contributed by atoms with Crippen LogP contribution in [-0.2, 0) is 14.3 Å². The Labute approximate surface area is 178 Å². The average Bonchev–Trinajstić information content (AvgIpc) is 2.75. The molecule has 0 bridgehead atoms. The molecule has 0 spiro atoms. The lowest BCUT2D eigenvalue weighted by atomic mass is 10.1. The summed E-state index contributed by atoms with van der Waals surface area (Å²) in [6.07, 6.45) is 1.51. The van der Waals surface area contributed by atoms with Crippen molar-refractivity contribution in [3.05, 3.63) is 42.2 Å². The van der Waals surface area contributed by atoms with E-state index in [0.717, 1.165) is 12.1 Å². The zero-order chi connectivity index (χ0) is 22.4. The average molecular weight is 434 g/mol. The first-order valence-corrected chi connectivity index (χ1v) is 10.0. The van der Waals surface area contributed by atoms with Crippen molar-refractivity contribution < 1.29 is 27.8 Å². The van der Waals surface area contributed by atoms with Gasteiger partial charge in [0.05, 0.1) is 13.0 Å². The molecule has 1 atom stereocenters. The van der Waals surface area contributed by atoms with Gasteiger partial charge in [-0.15, -0.1) is 0 Å². The number of esters is 1. The van der Waals surface area contributed by atoms with Crippen LogP contribution in [0.1, 0.15) is 26.7 Å². The van der Waals surface area contributed by atoms with E-state index in [9.17, 15) is 18.4 Å². The van der Waals surface area contributed by atoms with Crippen molar-refractivity contribution in [3.8, 4) is 11.6 Å². The van der Waals surface area contributed by atoms with Crippen molar-refractivity contribution in [2.45, 2.75) is 32.7 Å². The highest BCUT2D eigenvalue weighted by Gasteiger charge is 2.28. The third-order valence-corrected chi connectivity index (χ3v) is 4.86. The second kappa shape index (κ2) is 10.1. The maximum atomic E-state index is 13.4. The third-order valence-electron chi connectivity index (χ3n) is 4.86. The van der Waals surface area contributed by atoms with Gasteiger partial charge in [-0.3, -0.25) is 9.59 Å². The topological polar surface area (TPSA) is 84.9 Å². The van der Waals surface area contributed by atoms with Crippen LogP contribution in [-0.4, -0.2) is 59.0 Å². The van der Waals surface area contributed by atoms with Crippen LogP contribution in [0.3, 0.4) is 0 Å². The van der Waals surface area contributed by atoms with E-state index in [1.165, 1.54) is 12.4 Å². The molecule has 1 saturated heterocycles. The number of nitrogens with zero attached hydrogens (tertiary/aromatic N) is 4. The van der Waals surface area contributed by atoms with Gasteiger partial charge < -0.3 is 19.3 Å². The molecule has 3 rings (SSSR count). The van der Waals surface area contributed by atoms with Crippen molar-refractivity contribution in [2.75, 3.05) is 31.1 Å². The zero-order valence-electron chi connectivity index (χ0n) is 17.4. The molecule has 31 heavy (non-hydrogen) atoms. The van der Waals surface area contributed by atoms with Crippen LogP contribution >= 0.6 is 0 Å². The minimum Gasteiger partial charge on any atom is -0.466 e. The fraction of sp³-hybridized carbons (Fsp3) is 0.429. The molecule has 166 valence electrons. The second-order valence-corrected chi connectivity index (χ2v) is 7.08. The number of aromatic nitrogens is 2. The molecule has 1 aromatic heterocycles. The van der Waals surface area contributed by atoms with E-state index in [-0.39, 0.29) is 42.4 Å². The van der Waals surface area contributed by atoms with Gasteiger partial charge in [0.2, 0.25) is 11.8 Å². The first-order valence-electron chi connectivity index (χ1n) is 10.0. The number of carbonyl (C=O) groups excluding carboxylic acids is 2. The number of halogens is 2. The maximum Gasteiger partial charge on any atom is 0.306 e. The lowest BCUT2D eigenvalue weighted by Crippen LogP contribution is -2.54. The number of anilines is 1. The van der Waals surface area contributed by atoms with Crippen LogP contribution in [0.4, 0.5) is 14.6 Å². The summed E-state index contributed by atoms with van der Waals surface area (Å²) >= 11 is 0. The number of hydrogen-bond acceptors (Lipinski definition) is 7. The number of ether oxygens (including phenoxy) is 2. The number of carbonyl (C=O) groups is 2. The van der Waals surface area contributed by atoms with Crippen LogP contribution in [0.25, 0.3) is 0 Å². The lowest BCUT2D eigenvalue weighted by molar-refractivity contribution is -0.146. The molecule has 1 aliphatic rings. The molecule has 10 heteroatoms. The summed E-state index contributed by atoms with van der Waals surface area (Å²) in [5.74, 6) is -1.53. The first kappa shape index (κ1) is 22.4. The Hall–Kier alpha value is -3.30. The summed E-state index contributed by atoms with van der Waals surface area (Å²) in [7, 11) is 0. The predicted octanol–water partition coefficient (Wildman–Crippen LogP) is 2.93. The van der Waals surface area contributed by atoms with Gasteiger partial charge in [0.25, 0.3) is 0 Å². The molecule has 1 unspecified atom stereocenters. The van der Waals surface area contributed by atoms with Gasteiger partial charge in [0.15, 0.2) is 11.6 Å². The molecule has 1 aromatic carbocycles. The fourth-order valence-corrected chi connectivity index (χ4v) is 3.34. The minimum absolute atomic E-state index is 0.0657. The molecule has 1 aliphatic heterocycles. The molecule has 2 aromatic rings. The number of hydrogen-bond donors (Lipinski definition) is 0. The van der Waals surface area contributed by atoms with Gasteiger partial charge in [-0.25, -0.2) is 18.7 Å². The monoisotopic (exact) mass is 434 g/mol. The molecule has 0 aliphatic carbocycles. The predicted molar refractivity (Wildman–Crippen MR) is 108 cm³/mol. The summed E-state index contributed by atoms with van der Waals surface area (Å²) in [4.78, 5) is 35.9. The van der Waals surface area contributed by atoms with Crippen molar-refractivity contribution >= 4 is 17.7 Å². The fourth-order valence-electron chi connectivity index (χ4n) is 3.34. The first-order chi connectivity index (χ1) is 14.9. The molecule has 0 radical (unpaired) electrons. The highest BCUT2D eigenvalue weighted by molar-refractivity contribution is 5.81. The second-order valence-electron chi connectivity index (χ2n) is 7.08. The zero-order valence-corrected chi connectivity index (χ0v) is 17.4. The minimum atomic E-state index is -1.01. The van der Waals surface area contributed by atoms with Crippen molar-refractivity contribution in [3.63, 3.8) is 0 Å². The van der Waals surface area contributed by atoms with Crippen LogP contribution in [0.2, 0.25) is 0 Å². The highest BCUT2D eigenvalue weighted by atomic mass is 19.2. The quantitative estimate of drug-likeness (QED) is 0.620. The van der Waals surface area contributed by atoms with Gasteiger partial charge in [-0.05, 0) is 26.0 Å². The normalized spacial score (nSPS) is 16.2. The molecule has 1 amide bonds. The maximum absolute atomic E-state index is 13.4. The molecule has 2 heterocycles. The highest BCUT2D eigenvalue weighted by Crippen LogP contribution is 2.25.